The molecule has 1 aliphatic heterocycles. The smallest absolute Gasteiger partial charge is 0.317 e. The highest BCUT2D eigenvalue weighted by atomic mass is 16.5. The minimum absolute atomic E-state index is 0.0834. The lowest BCUT2D eigenvalue weighted by Crippen LogP contribution is -2.50. The fraction of sp³-hybridized carbons (Fsp3) is 0.944. The molecule has 1 spiro atoms. The number of amides is 2. The number of methoxy groups -OCH3 is 1. The lowest BCUT2D eigenvalue weighted by atomic mass is 9.72. The highest BCUT2D eigenvalue weighted by molar-refractivity contribution is 5.74. The van der Waals surface area contributed by atoms with Crippen LogP contribution in [0.2, 0.25) is 0 Å². The maximum absolute atomic E-state index is 12.4. The first-order valence-electron chi connectivity index (χ1n) is 9.29. The first-order valence-corrected chi connectivity index (χ1v) is 9.29. The fourth-order valence-electron chi connectivity index (χ4n) is 4.41. The molecular formula is C18H32N2O3. The van der Waals surface area contributed by atoms with Crippen molar-refractivity contribution in [2.45, 2.75) is 75.5 Å². The van der Waals surface area contributed by atoms with Crippen LogP contribution in [-0.4, -0.2) is 56.0 Å². The number of hydrogen-bond donors (Lipinski definition) is 1. The predicted molar refractivity (Wildman–Crippen MR) is 89.5 cm³/mol. The Morgan fingerprint density at radius 3 is 2.61 bits per heavy atom. The van der Waals surface area contributed by atoms with Gasteiger partial charge >= 0.3 is 6.03 Å². The third kappa shape index (κ3) is 4.00. The van der Waals surface area contributed by atoms with Gasteiger partial charge < -0.3 is 19.7 Å². The van der Waals surface area contributed by atoms with E-state index in [0.29, 0.717) is 18.1 Å². The Balaban J connectivity index is 1.40. The van der Waals surface area contributed by atoms with Crippen molar-refractivity contribution in [2.75, 3.05) is 27.3 Å². The van der Waals surface area contributed by atoms with Crippen LogP contribution in [-0.2, 0) is 9.47 Å². The first kappa shape index (κ1) is 17.0. The molecule has 132 valence electrons. The SMILES string of the molecule is COC1CCC(N(C)C(=O)NCC2CCOC3(CCC3)C2)CC1. The van der Waals surface area contributed by atoms with E-state index in [0.717, 1.165) is 51.7 Å². The second kappa shape index (κ2) is 7.39. The van der Waals surface area contributed by atoms with Gasteiger partial charge in [0.15, 0.2) is 0 Å². The van der Waals surface area contributed by atoms with Crippen LogP contribution in [0.1, 0.15) is 57.8 Å². The molecular weight excluding hydrogens is 292 g/mol. The van der Waals surface area contributed by atoms with Gasteiger partial charge in [0.25, 0.3) is 0 Å². The molecule has 5 nitrogen and oxygen atoms in total. The number of hydrogen-bond acceptors (Lipinski definition) is 3. The summed E-state index contributed by atoms with van der Waals surface area (Å²) >= 11 is 0. The van der Waals surface area contributed by atoms with Crippen LogP contribution in [0.5, 0.6) is 0 Å². The zero-order chi connectivity index (χ0) is 16.3. The van der Waals surface area contributed by atoms with Crippen LogP contribution in [0.25, 0.3) is 0 Å². The van der Waals surface area contributed by atoms with Gasteiger partial charge in [0.1, 0.15) is 0 Å². The Hall–Kier alpha value is -0.810. The summed E-state index contributed by atoms with van der Waals surface area (Å²) in [7, 11) is 3.72. The molecule has 5 heteroatoms. The molecule has 0 aromatic rings. The van der Waals surface area contributed by atoms with Crippen LogP contribution in [0.4, 0.5) is 4.79 Å². The second-order valence-electron chi connectivity index (χ2n) is 7.71. The van der Waals surface area contributed by atoms with E-state index in [1.807, 2.05) is 11.9 Å². The number of rotatable bonds is 4. The minimum atomic E-state index is 0.0834. The van der Waals surface area contributed by atoms with E-state index < -0.39 is 0 Å². The summed E-state index contributed by atoms with van der Waals surface area (Å²) in [4.78, 5) is 14.3. The molecule has 2 aliphatic carbocycles. The van der Waals surface area contributed by atoms with Crippen molar-refractivity contribution in [2.24, 2.45) is 5.92 Å². The van der Waals surface area contributed by atoms with Gasteiger partial charge in [-0.15, -0.1) is 0 Å². The average Bonchev–Trinajstić information content (AvgIpc) is 2.58. The van der Waals surface area contributed by atoms with Gasteiger partial charge in [0.05, 0.1) is 11.7 Å². The third-order valence-electron chi connectivity index (χ3n) is 6.25. The maximum Gasteiger partial charge on any atom is 0.317 e. The normalized spacial score (nSPS) is 33.0. The van der Waals surface area contributed by atoms with E-state index in [4.69, 9.17) is 9.47 Å². The number of carbonyl (C=O) groups is 1. The maximum atomic E-state index is 12.4. The minimum Gasteiger partial charge on any atom is -0.381 e. The quantitative estimate of drug-likeness (QED) is 0.865. The number of nitrogens with zero attached hydrogens (tertiary/aromatic N) is 1. The zero-order valence-corrected chi connectivity index (χ0v) is 14.7. The Bertz CT molecular complexity index is 403. The van der Waals surface area contributed by atoms with E-state index in [2.05, 4.69) is 5.32 Å². The van der Waals surface area contributed by atoms with Crippen molar-refractivity contribution in [3.05, 3.63) is 0 Å². The number of carbonyl (C=O) groups excluding carboxylic acids is 1. The Labute approximate surface area is 140 Å². The van der Waals surface area contributed by atoms with E-state index in [-0.39, 0.29) is 11.6 Å². The molecule has 1 atom stereocenters. The van der Waals surface area contributed by atoms with Crippen molar-refractivity contribution < 1.29 is 14.3 Å². The Morgan fingerprint density at radius 1 is 1.26 bits per heavy atom. The number of urea groups is 1. The zero-order valence-electron chi connectivity index (χ0n) is 14.7. The summed E-state index contributed by atoms with van der Waals surface area (Å²) < 4.78 is 11.4. The summed E-state index contributed by atoms with van der Waals surface area (Å²) in [5.41, 5.74) is 0.165. The van der Waals surface area contributed by atoms with Gasteiger partial charge in [-0.3, -0.25) is 0 Å². The Morgan fingerprint density at radius 2 is 2.00 bits per heavy atom. The van der Waals surface area contributed by atoms with Crippen molar-refractivity contribution >= 4 is 6.03 Å². The molecule has 2 amide bonds. The van der Waals surface area contributed by atoms with E-state index in [9.17, 15) is 4.79 Å². The topological polar surface area (TPSA) is 50.8 Å². The fourth-order valence-corrected chi connectivity index (χ4v) is 4.41. The van der Waals surface area contributed by atoms with Crippen molar-refractivity contribution in [1.29, 1.82) is 0 Å². The molecule has 23 heavy (non-hydrogen) atoms. The van der Waals surface area contributed by atoms with Crippen molar-refractivity contribution in [3.8, 4) is 0 Å². The van der Waals surface area contributed by atoms with E-state index in [1.165, 1.54) is 19.3 Å². The monoisotopic (exact) mass is 324 g/mol. The molecule has 1 N–H and O–H groups in total. The number of nitrogens with one attached hydrogen (secondary N) is 1. The molecule has 2 saturated carbocycles. The molecule has 1 unspecified atom stereocenters. The van der Waals surface area contributed by atoms with Crippen molar-refractivity contribution in [3.63, 3.8) is 0 Å². The molecule has 0 aromatic heterocycles. The molecule has 1 saturated heterocycles. The number of ether oxygens (including phenoxy) is 2. The van der Waals surface area contributed by atoms with Crippen LogP contribution >= 0.6 is 0 Å². The summed E-state index contributed by atoms with van der Waals surface area (Å²) in [5, 5.41) is 3.16. The molecule has 3 fully saturated rings. The van der Waals surface area contributed by atoms with Gasteiger partial charge in [-0.2, -0.15) is 0 Å². The predicted octanol–water partition coefficient (Wildman–Crippen LogP) is 2.93. The standard InChI is InChI=1S/C18H32N2O3/c1-20(15-4-6-16(22-2)7-5-15)17(21)19-13-14-8-11-23-18(12-14)9-3-10-18/h14-16H,3-13H2,1-2H3,(H,19,21). The van der Waals surface area contributed by atoms with Gasteiger partial charge in [-0.25, -0.2) is 4.79 Å². The van der Waals surface area contributed by atoms with Crippen LogP contribution in [0.15, 0.2) is 0 Å². The van der Waals surface area contributed by atoms with Crippen molar-refractivity contribution in [1.82, 2.24) is 10.2 Å². The van der Waals surface area contributed by atoms with Gasteiger partial charge in [-0.1, -0.05) is 0 Å². The summed E-state index contributed by atoms with van der Waals surface area (Å²) in [6.07, 6.45) is 10.5. The highest BCUT2D eigenvalue weighted by Gasteiger charge is 2.42. The summed E-state index contributed by atoms with van der Waals surface area (Å²) in [6, 6.07) is 0.439. The van der Waals surface area contributed by atoms with Crippen LogP contribution < -0.4 is 5.32 Å². The Kier molecular flexibility index (Phi) is 5.47. The first-order chi connectivity index (χ1) is 11.1. The van der Waals surface area contributed by atoms with E-state index in [1.54, 1.807) is 7.11 Å². The largest absolute Gasteiger partial charge is 0.381 e. The molecule has 1 heterocycles. The highest BCUT2D eigenvalue weighted by Crippen LogP contribution is 2.44. The summed E-state index contributed by atoms with van der Waals surface area (Å²) in [5.74, 6) is 0.575. The summed E-state index contributed by atoms with van der Waals surface area (Å²) in [6.45, 7) is 1.65. The van der Waals surface area contributed by atoms with Crippen LogP contribution in [0.3, 0.4) is 0 Å². The van der Waals surface area contributed by atoms with Crippen LogP contribution in [0, 0.1) is 5.92 Å². The molecule has 3 rings (SSSR count). The second-order valence-corrected chi connectivity index (χ2v) is 7.71. The molecule has 3 aliphatic rings. The van der Waals surface area contributed by atoms with Gasteiger partial charge in [-0.05, 0) is 63.7 Å². The lowest BCUT2D eigenvalue weighted by molar-refractivity contribution is -0.142. The average molecular weight is 324 g/mol. The molecule has 0 radical (unpaired) electrons. The van der Waals surface area contributed by atoms with E-state index >= 15 is 0 Å². The third-order valence-corrected chi connectivity index (χ3v) is 6.25. The molecule has 0 bridgehead atoms. The van der Waals surface area contributed by atoms with Gasteiger partial charge in [0.2, 0.25) is 0 Å². The van der Waals surface area contributed by atoms with Gasteiger partial charge in [0, 0.05) is 33.4 Å². The lowest BCUT2D eigenvalue weighted by Gasteiger charge is -2.47. The molecule has 0 aromatic carbocycles.